The van der Waals surface area contributed by atoms with Crippen LogP contribution in [0, 0.1) is 22.7 Å². The molecule has 2 fully saturated rings. The van der Waals surface area contributed by atoms with Gasteiger partial charge in [0.2, 0.25) is 0 Å². The fraction of sp³-hybridized carbons (Fsp3) is 0.581. The Bertz CT molecular complexity index is 1040. The SMILES string of the molecule is C=C1CC[C@H]2[C@@](C)(CCC[C@@]2(C)C(=O)OC)[C@@H]1CCc1ccoc1C[N+](C)(C)Cc1ccccc1. The number of rotatable bonds is 8. The van der Waals surface area contributed by atoms with E-state index in [1.807, 2.05) is 6.26 Å². The molecule has 0 unspecified atom stereocenters. The predicted octanol–water partition coefficient (Wildman–Crippen LogP) is 6.94. The summed E-state index contributed by atoms with van der Waals surface area (Å²) in [7, 11) is 6.07. The molecule has 1 aromatic carbocycles. The number of methoxy groups -OCH3 is 1. The Morgan fingerprint density at radius 2 is 1.89 bits per heavy atom. The molecular formula is C31H44NO3+. The van der Waals surface area contributed by atoms with Gasteiger partial charge in [0.1, 0.15) is 13.1 Å². The van der Waals surface area contributed by atoms with Crippen LogP contribution >= 0.6 is 0 Å². The molecule has 2 aliphatic rings. The summed E-state index contributed by atoms with van der Waals surface area (Å²) in [6.07, 6.45) is 9.11. The molecule has 0 aliphatic heterocycles. The summed E-state index contributed by atoms with van der Waals surface area (Å²) in [5.41, 5.74) is 3.72. The van der Waals surface area contributed by atoms with Gasteiger partial charge >= 0.3 is 5.97 Å². The van der Waals surface area contributed by atoms with Gasteiger partial charge in [-0.2, -0.15) is 0 Å². The number of allylic oxidation sites excluding steroid dienone is 1. The van der Waals surface area contributed by atoms with Gasteiger partial charge in [-0.05, 0) is 74.3 Å². The predicted molar refractivity (Wildman–Crippen MR) is 140 cm³/mol. The molecule has 2 aromatic rings. The number of aryl methyl sites for hydroxylation is 1. The zero-order valence-electron chi connectivity index (χ0n) is 22.4. The van der Waals surface area contributed by atoms with Gasteiger partial charge in [-0.3, -0.25) is 4.79 Å². The monoisotopic (exact) mass is 478 g/mol. The highest BCUT2D eigenvalue weighted by molar-refractivity contribution is 5.77. The number of carbonyl (C=O) groups excluding carboxylic acids is 1. The third-order valence-corrected chi connectivity index (χ3v) is 9.24. The third-order valence-electron chi connectivity index (χ3n) is 9.24. The number of esters is 1. The third kappa shape index (κ3) is 5.14. The summed E-state index contributed by atoms with van der Waals surface area (Å²) in [5.74, 6) is 1.82. The van der Waals surface area contributed by atoms with Crippen molar-refractivity contribution in [3.63, 3.8) is 0 Å². The normalized spacial score (nSPS) is 29.0. The zero-order chi connectivity index (χ0) is 25.3. The number of quaternary nitrogens is 1. The van der Waals surface area contributed by atoms with E-state index in [-0.39, 0.29) is 16.8 Å². The van der Waals surface area contributed by atoms with Crippen LogP contribution in [0.5, 0.6) is 0 Å². The van der Waals surface area contributed by atoms with Gasteiger partial charge in [-0.15, -0.1) is 0 Å². The van der Waals surface area contributed by atoms with Gasteiger partial charge in [0.25, 0.3) is 0 Å². The minimum atomic E-state index is -0.388. The second-order valence-electron chi connectivity index (χ2n) is 12.2. The van der Waals surface area contributed by atoms with Crippen molar-refractivity contribution in [3.8, 4) is 0 Å². The van der Waals surface area contributed by atoms with E-state index in [0.29, 0.717) is 11.8 Å². The van der Waals surface area contributed by atoms with Crippen LogP contribution in [0.25, 0.3) is 0 Å². The zero-order valence-corrected chi connectivity index (χ0v) is 22.4. The number of benzene rings is 1. The van der Waals surface area contributed by atoms with E-state index in [0.717, 1.165) is 68.3 Å². The second kappa shape index (κ2) is 9.97. The van der Waals surface area contributed by atoms with Crippen LogP contribution in [0.3, 0.4) is 0 Å². The van der Waals surface area contributed by atoms with Gasteiger partial charge in [-0.25, -0.2) is 0 Å². The number of carbonyl (C=O) groups is 1. The van der Waals surface area contributed by atoms with Crippen molar-refractivity contribution in [1.82, 2.24) is 0 Å². The molecule has 0 N–H and O–H groups in total. The lowest BCUT2D eigenvalue weighted by molar-refractivity contribution is -0.917. The topological polar surface area (TPSA) is 39.4 Å². The van der Waals surface area contributed by atoms with Gasteiger partial charge in [0, 0.05) is 5.56 Å². The lowest BCUT2D eigenvalue weighted by Gasteiger charge is -2.57. The quantitative estimate of drug-likeness (QED) is 0.234. The smallest absolute Gasteiger partial charge is 0.311 e. The number of ether oxygens (including phenoxy) is 1. The number of nitrogens with zero attached hydrogens (tertiary/aromatic N) is 1. The Morgan fingerprint density at radius 1 is 1.14 bits per heavy atom. The standard InChI is InChI=1S/C31H44NO3/c1-23-13-16-28-30(2,18-10-19-31(28,3)29(33)34-6)26(23)15-14-25-17-20-35-27(25)22-32(4,5)21-24-11-8-7-9-12-24/h7-9,11-12,17,20,26,28H,1,10,13-16,18-19,21-22H2,2-6H3/q+1/t26-,28+,30+,31-/m1/s1. The van der Waals surface area contributed by atoms with Crippen LogP contribution in [-0.2, 0) is 29.0 Å². The van der Waals surface area contributed by atoms with Crippen molar-refractivity contribution in [2.75, 3.05) is 21.2 Å². The Hall–Kier alpha value is -2.33. The molecular weight excluding hydrogens is 434 g/mol. The van der Waals surface area contributed by atoms with Gasteiger partial charge in [-0.1, -0.05) is 55.8 Å². The molecule has 0 radical (unpaired) electrons. The molecule has 1 aromatic heterocycles. The maximum atomic E-state index is 12.9. The van der Waals surface area contributed by atoms with Crippen molar-refractivity contribution in [3.05, 3.63) is 71.7 Å². The highest BCUT2D eigenvalue weighted by atomic mass is 16.5. The van der Waals surface area contributed by atoms with Crippen LogP contribution < -0.4 is 0 Å². The number of furan rings is 1. The summed E-state index contributed by atoms with van der Waals surface area (Å²) in [6, 6.07) is 12.8. The Balaban J connectivity index is 1.48. The Labute approximate surface area is 211 Å². The van der Waals surface area contributed by atoms with E-state index in [4.69, 9.17) is 9.15 Å². The largest absolute Gasteiger partial charge is 0.469 e. The van der Waals surface area contributed by atoms with Crippen molar-refractivity contribution < 1.29 is 18.4 Å². The molecule has 4 nitrogen and oxygen atoms in total. The average Bonchev–Trinajstić information content (AvgIpc) is 3.24. The first-order valence-electron chi connectivity index (χ1n) is 13.3. The molecule has 0 amide bonds. The van der Waals surface area contributed by atoms with Crippen molar-refractivity contribution in [2.24, 2.45) is 22.7 Å². The highest BCUT2D eigenvalue weighted by Crippen LogP contribution is 2.62. The second-order valence-corrected chi connectivity index (χ2v) is 12.2. The summed E-state index contributed by atoms with van der Waals surface area (Å²) in [6.45, 7) is 10.9. The maximum Gasteiger partial charge on any atom is 0.311 e. The van der Waals surface area contributed by atoms with Crippen LogP contribution in [0.4, 0.5) is 0 Å². The fourth-order valence-electron chi connectivity index (χ4n) is 7.51. The van der Waals surface area contributed by atoms with E-state index < -0.39 is 0 Å². The molecule has 2 aliphatic carbocycles. The van der Waals surface area contributed by atoms with Crippen molar-refractivity contribution >= 4 is 5.97 Å². The minimum absolute atomic E-state index is 0.0322. The summed E-state index contributed by atoms with van der Waals surface area (Å²) >= 11 is 0. The summed E-state index contributed by atoms with van der Waals surface area (Å²) in [5, 5.41) is 0. The van der Waals surface area contributed by atoms with Gasteiger partial charge < -0.3 is 13.6 Å². The van der Waals surface area contributed by atoms with E-state index in [1.165, 1.54) is 23.8 Å². The van der Waals surface area contributed by atoms with Crippen molar-refractivity contribution in [2.45, 2.75) is 71.9 Å². The molecule has 190 valence electrons. The Kier molecular flexibility index (Phi) is 7.33. The number of hydrogen-bond acceptors (Lipinski definition) is 3. The fourth-order valence-corrected chi connectivity index (χ4v) is 7.51. The first-order chi connectivity index (χ1) is 16.6. The summed E-state index contributed by atoms with van der Waals surface area (Å²) in [4.78, 5) is 12.9. The lowest BCUT2D eigenvalue weighted by atomic mass is 9.46. The summed E-state index contributed by atoms with van der Waals surface area (Å²) < 4.78 is 12.2. The molecule has 2 saturated carbocycles. The van der Waals surface area contributed by atoms with Gasteiger partial charge in [0.05, 0.1) is 32.9 Å². The van der Waals surface area contributed by atoms with E-state index in [9.17, 15) is 4.79 Å². The molecule has 0 spiro atoms. The first-order valence-corrected chi connectivity index (χ1v) is 13.3. The van der Waals surface area contributed by atoms with E-state index in [2.05, 4.69) is 70.9 Å². The van der Waals surface area contributed by atoms with Crippen LogP contribution in [0.1, 0.15) is 69.3 Å². The van der Waals surface area contributed by atoms with Crippen LogP contribution in [0.2, 0.25) is 0 Å². The van der Waals surface area contributed by atoms with Crippen LogP contribution in [0.15, 0.2) is 59.2 Å². The molecule has 4 atom stereocenters. The molecule has 35 heavy (non-hydrogen) atoms. The highest BCUT2D eigenvalue weighted by Gasteiger charge is 2.57. The molecule has 4 heteroatoms. The van der Waals surface area contributed by atoms with E-state index in [1.54, 1.807) is 0 Å². The molecule has 0 saturated heterocycles. The maximum absolute atomic E-state index is 12.9. The first kappa shape index (κ1) is 25.8. The number of hydrogen-bond donors (Lipinski definition) is 0. The number of fused-ring (bicyclic) bond motifs is 1. The van der Waals surface area contributed by atoms with Crippen LogP contribution in [-0.4, -0.2) is 31.7 Å². The molecule has 0 bridgehead atoms. The van der Waals surface area contributed by atoms with Crippen molar-refractivity contribution in [1.29, 1.82) is 0 Å². The van der Waals surface area contributed by atoms with E-state index >= 15 is 0 Å². The Morgan fingerprint density at radius 3 is 2.60 bits per heavy atom. The molecule has 1 heterocycles. The average molecular weight is 479 g/mol. The minimum Gasteiger partial charge on any atom is -0.469 e. The van der Waals surface area contributed by atoms with Gasteiger partial charge in [0.15, 0.2) is 5.76 Å². The molecule has 4 rings (SSSR count). The lowest BCUT2D eigenvalue weighted by Crippen LogP contribution is -2.53.